The molecule has 46 heavy (non-hydrogen) atoms. The van der Waals surface area contributed by atoms with Crippen molar-refractivity contribution in [1.82, 2.24) is 4.98 Å². The van der Waals surface area contributed by atoms with Crippen LogP contribution in [0.5, 0.6) is 0 Å². The minimum Gasteiger partial charge on any atom is -0.311 e. The quantitative estimate of drug-likeness (QED) is 0.192. The van der Waals surface area contributed by atoms with Gasteiger partial charge in [-0.3, -0.25) is 0 Å². The predicted molar refractivity (Wildman–Crippen MR) is 192 cm³/mol. The Kier molecular flexibility index (Phi) is 6.87. The van der Waals surface area contributed by atoms with Crippen LogP contribution in [0.4, 0.5) is 17.1 Å². The number of aromatic nitrogens is 1. The topological polar surface area (TPSA) is 39.9 Å². The average Bonchev–Trinajstić information content (AvgIpc) is 3.14. The first-order chi connectivity index (χ1) is 22.8. The van der Waals surface area contributed by atoms with Gasteiger partial charge >= 0.3 is 0 Å². The highest BCUT2D eigenvalue weighted by atomic mass is 28.3. The Hall–Kier alpha value is -6.02. The Bertz CT molecular complexity index is 2150. The molecule has 0 unspecified atom stereocenters. The number of pyridine rings is 1. The first-order valence-corrected chi connectivity index (χ1v) is 17.4. The van der Waals surface area contributed by atoms with Crippen molar-refractivity contribution >= 4 is 45.9 Å². The molecule has 216 valence electrons. The molecule has 0 fully saturated rings. The molecule has 2 heterocycles. The van der Waals surface area contributed by atoms with E-state index in [-0.39, 0.29) is 0 Å². The van der Waals surface area contributed by atoms with Crippen molar-refractivity contribution < 1.29 is 0 Å². The van der Waals surface area contributed by atoms with Gasteiger partial charge in [0, 0.05) is 23.3 Å². The predicted octanol–water partition coefficient (Wildman–Crippen LogP) is 7.45. The third-order valence-corrected chi connectivity index (χ3v) is 13.9. The minimum atomic E-state index is -2.65. The van der Waals surface area contributed by atoms with E-state index in [9.17, 15) is 5.26 Å². The molecule has 0 atom stereocenters. The van der Waals surface area contributed by atoms with Gasteiger partial charge in [0.25, 0.3) is 0 Å². The van der Waals surface area contributed by atoms with Gasteiger partial charge in [0.2, 0.25) is 0 Å². The van der Waals surface area contributed by atoms with Crippen molar-refractivity contribution in [2.75, 3.05) is 4.90 Å². The van der Waals surface area contributed by atoms with Gasteiger partial charge in [0.15, 0.2) is 8.07 Å². The van der Waals surface area contributed by atoms with Crippen LogP contribution in [-0.4, -0.2) is 13.1 Å². The Morgan fingerprint density at radius 2 is 0.978 bits per heavy atom. The Morgan fingerprint density at radius 3 is 1.57 bits per heavy atom. The van der Waals surface area contributed by atoms with E-state index in [0.29, 0.717) is 5.69 Å². The van der Waals surface area contributed by atoms with E-state index in [1.54, 1.807) is 6.20 Å². The Morgan fingerprint density at radius 1 is 0.478 bits per heavy atom. The zero-order valence-electron chi connectivity index (χ0n) is 25.1. The van der Waals surface area contributed by atoms with E-state index in [0.717, 1.165) is 27.9 Å². The summed E-state index contributed by atoms with van der Waals surface area (Å²) in [5, 5.41) is 14.9. The minimum absolute atomic E-state index is 0.415. The zero-order valence-corrected chi connectivity index (χ0v) is 26.1. The van der Waals surface area contributed by atoms with Crippen LogP contribution >= 0.6 is 0 Å². The molecule has 0 bridgehead atoms. The number of hydrogen-bond acceptors (Lipinski definition) is 3. The van der Waals surface area contributed by atoms with Gasteiger partial charge in [-0.2, -0.15) is 5.26 Å². The first kappa shape index (κ1) is 27.5. The number of para-hydroxylation sites is 2. The number of nitriles is 1. The molecule has 0 N–H and O–H groups in total. The molecule has 1 aliphatic heterocycles. The summed E-state index contributed by atoms with van der Waals surface area (Å²) in [4.78, 5) is 6.59. The highest BCUT2D eigenvalue weighted by Crippen LogP contribution is 2.39. The van der Waals surface area contributed by atoms with Crippen molar-refractivity contribution in [1.29, 1.82) is 5.26 Å². The summed E-state index contributed by atoms with van der Waals surface area (Å²) in [6, 6.07) is 63.4. The van der Waals surface area contributed by atoms with Crippen LogP contribution in [0.15, 0.2) is 176 Å². The summed E-state index contributed by atoms with van der Waals surface area (Å²) in [5.74, 6) is 0. The lowest BCUT2D eigenvalue weighted by Gasteiger charge is -2.45. The average molecular weight is 604 g/mol. The van der Waals surface area contributed by atoms with Crippen molar-refractivity contribution in [3.05, 3.63) is 182 Å². The van der Waals surface area contributed by atoms with E-state index >= 15 is 0 Å². The number of nitrogens with zero attached hydrogens (tertiary/aromatic N) is 3. The largest absolute Gasteiger partial charge is 0.311 e. The highest BCUT2D eigenvalue weighted by Gasteiger charge is 2.48. The van der Waals surface area contributed by atoms with E-state index in [1.165, 1.54) is 32.1 Å². The monoisotopic (exact) mass is 603 g/mol. The van der Waals surface area contributed by atoms with Crippen molar-refractivity contribution in [3.8, 4) is 28.3 Å². The third-order valence-electron chi connectivity index (χ3n) is 9.02. The molecular weight excluding hydrogens is 575 g/mol. The maximum absolute atomic E-state index is 9.38. The molecule has 0 aliphatic carbocycles. The molecule has 0 saturated carbocycles. The van der Waals surface area contributed by atoms with E-state index < -0.39 is 8.07 Å². The van der Waals surface area contributed by atoms with E-state index in [4.69, 9.17) is 0 Å². The van der Waals surface area contributed by atoms with Gasteiger partial charge in [-0.05, 0) is 85.5 Å². The SMILES string of the molecule is N#Cc1cc(-c2cccc(-c3cccc(N4c5ccccc5[Si](c5ccccc5)(c5ccccc5)c5ccccc54)c3)c2)ccn1. The van der Waals surface area contributed by atoms with E-state index in [1.807, 2.05) is 12.1 Å². The smallest absolute Gasteiger partial charge is 0.184 e. The molecule has 0 saturated heterocycles. The summed E-state index contributed by atoms with van der Waals surface area (Å²) in [6.45, 7) is 0. The molecule has 0 amide bonds. The molecule has 6 aromatic carbocycles. The standard InChI is InChI=1S/C42H29N3Si/c43-30-35-28-34(25-26-44-35)32-14-11-13-31(27-32)33-15-12-16-36(29-33)45-39-21-7-9-23-41(39)46(37-17-3-1-4-18-37,38-19-5-2-6-20-38)42-24-10-8-22-40(42)45/h1-29H. The van der Waals surface area contributed by atoms with Gasteiger partial charge in [0.05, 0.1) is 0 Å². The second-order valence-electron chi connectivity index (χ2n) is 11.5. The van der Waals surface area contributed by atoms with Crippen LogP contribution in [0, 0.1) is 11.3 Å². The number of rotatable bonds is 5. The molecular formula is C42H29N3Si. The Labute approximate surface area is 270 Å². The molecule has 4 heteroatoms. The van der Waals surface area contributed by atoms with Gasteiger partial charge in [0.1, 0.15) is 11.8 Å². The van der Waals surface area contributed by atoms with Crippen LogP contribution < -0.4 is 25.6 Å². The fourth-order valence-electron chi connectivity index (χ4n) is 7.06. The number of hydrogen-bond donors (Lipinski definition) is 0. The first-order valence-electron chi connectivity index (χ1n) is 15.4. The Balaban J connectivity index is 1.32. The van der Waals surface area contributed by atoms with Crippen LogP contribution in [0.3, 0.4) is 0 Å². The van der Waals surface area contributed by atoms with Gasteiger partial charge < -0.3 is 4.90 Å². The third kappa shape index (κ3) is 4.45. The highest BCUT2D eigenvalue weighted by molar-refractivity contribution is 7.21. The molecule has 3 nitrogen and oxygen atoms in total. The summed E-state index contributed by atoms with van der Waals surface area (Å²) in [5.41, 5.74) is 8.23. The fourth-order valence-corrected chi connectivity index (χ4v) is 12.2. The lowest BCUT2D eigenvalue weighted by Crippen LogP contribution is -2.77. The van der Waals surface area contributed by atoms with Gasteiger partial charge in [-0.1, -0.05) is 127 Å². The summed E-state index contributed by atoms with van der Waals surface area (Å²) in [7, 11) is -2.65. The van der Waals surface area contributed by atoms with Crippen molar-refractivity contribution in [3.63, 3.8) is 0 Å². The van der Waals surface area contributed by atoms with E-state index in [2.05, 4.69) is 174 Å². The summed E-state index contributed by atoms with van der Waals surface area (Å²) >= 11 is 0. The zero-order chi connectivity index (χ0) is 30.9. The van der Waals surface area contributed by atoms with Crippen LogP contribution in [0.1, 0.15) is 5.69 Å². The lowest BCUT2D eigenvalue weighted by atomic mass is 9.98. The molecule has 0 spiro atoms. The van der Waals surface area contributed by atoms with Crippen LogP contribution in [-0.2, 0) is 0 Å². The molecule has 0 radical (unpaired) electrons. The van der Waals surface area contributed by atoms with Crippen molar-refractivity contribution in [2.24, 2.45) is 0 Å². The summed E-state index contributed by atoms with van der Waals surface area (Å²) in [6.07, 6.45) is 1.70. The molecule has 1 aliphatic rings. The molecule has 1 aromatic heterocycles. The second-order valence-corrected chi connectivity index (χ2v) is 15.3. The lowest BCUT2D eigenvalue weighted by molar-refractivity contribution is 1.26. The van der Waals surface area contributed by atoms with Crippen LogP contribution in [0.2, 0.25) is 0 Å². The van der Waals surface area contributed by atoms with Crippen LogP contribution in [0.25, 0.3) is 22.3 Å². The number of anilines is 3. The maximum atomic E-state index is 9.38. The van der Waals surface area contributed by atoms with Crippen molar-refractivity contribution in [2.45, 2.75) is 0 Å². The number of benzene rings is 6. The molecule has 8 rings (SSSR count). The second kappa shape index (κ2) is 11.5. The number of fused-ring (bicyclic) bond motifs is 2. The summed E-state index contributed by atoms with van der Waals surface area (Å²) < 4.78 is 0. The fraction of sp³-hybridized carbons (Fsp3) is 0. The van der Waals surface area contributed by atoms with Gasteiger partial charge in [-0.15, -0.1) is 0 Å². The van der Waals surface area contributed by atoms with Gasteiger partial charge in [-0.25, -0.2) is 4.98 Å². The normalized spacial score (nSPS) is 12.9. The molecule has 7 aromatic rings. The maximum Gasteiger partial charge on any atom is 0.184 e.